The number of para-hydroxylation sites is 1. The first-order chi connectivity index (χ1) is 13.2. The fraction of sp³-hybridized carbons (Fsp3) is 0.476. The lowest BCUT2D eigenvalue weighted by Gasteiger charge is -2.28. The minimum Gasteiger partial charge on any atom is -0.496 e. The number of fused-ring (bicyclic) bond motifs is 1. The molecule has 6 heteroatoms. The van der Waals surface area contributed by atoms with Crippen LogP contribution in [0.3, 0.4) is 0 Å². The lowest BCUT2D eigenvalue weighted by atomic mass is 10.0. The molecule has 1 fully saturated rings. The fourth-order valence-corrected chi connectivity index (χ4v) is 3.93. The number of aryl methyl sites for hydroxylation is 1. The van der Waals surface area contributed by atoms with Crippen molar-refractivity contribution in [3.8, 4) is 5.75 Å². The topological polar surface area (TPSA) is 67.3 Å². The highest BCUT2D eigenvalue weighted by Gasteiger charge is 2.25. The van der Waals surface area contributed by atoms with Crippen LogP contribution in [0.1, 0.15) is 41.4 Å². The number of carbonyl (C=O) groups is 1. The van der Waals surface area contributed by atoms with Crippen LogP contribution in [-0.4, -0.2) is 47.5 Å². The number of nitrogens with one attached hydrogen (secondary N) is 1. The van der Waals surface area contributed by atoms with Gasteiger partial charge in [-0.15, -0.1) is 0 Å². The average Bonchev–Trinajstić information content (AvgIpc) is 3.26. The molecule has 1 amide bonds. The summed E-state index contributed by atoms with van der Waals surface area (Å²) in [6.45, 7) is 3.35. The van der Waals surface area contributed by atoms with Crippen LogP contribution in [0, 0.1) is 0 Å². The van der Waals surface area contributed by atoms with Crippen LogP contribution in [0.15, 0.2) is 30.5 Å². The van der Waals surface area contributed by atoms with E-state index in [4.69, 9.17) is 9.72 Å². The van der Waals surface area contributed by atoms with Gasteiger partial charge >= 0.3 is 0 Å². The summed E-state index contributed by atoms with van der Waals surface area (Å²) in [5.41, 5.74) is 3.27. The summed E-state index contributed by atoms with van der Waals surface area (Å²) >= 11 is 0. The van der Waals surface area contributed by atoms with E-state index in [-0.39, 0.29) is 5.91 Å². The molecule has 142 valence electrons. The van der Waals surface area contributed by atoms with E-state index >= 15 is 0 Å². The zero-order valence-electron chi connectivity index (χ0n) is 15.8. The van der Waals surface area contributed by atoms with Gasteiger partial charge < -0.3 is 15.0 Å². The van der Waals surface area contributed by atoms with Crippen molar-refractivity contribution in [3.63, 3.8) is 0 Å². The monoisotopic (exact) mass is 366 g/mol. The average molecular weight is 366 g/mol. The van der Waals surface area contributed by atoms with Crippen LogP contribution >= 0.6 is 0 Å². The maximum Gasteiger partial charge on any atom is 0.223 e. The van der Waals surface area contributed by atoms with Gasteiger partial charge in [-0.25, -0.2) is 9.97 Å². The molecule has 1 aromatic heterocycles. The SMILES string of the molecule is COc1ccccc1CCC(=O)N1CCc2nc(C3CCNC3)ncc2C1. The van der Waals surface area contributed by atoms with Gasteiger partial charge in [0.1, 0.15) is 11.6 Å². The van der Waals surface area contributed by atoms with Crippen molar-refractivity contribution in [2.75, 3.05) is 26.7 Å². The van der Waals surface area contributed by atoms with Crippen molar-refractivity contribution in [1.82, 2.24) is 20.2 Å². The minimum absolute atomic E-state index is 0.177. The smallest absolute Gasteiger partial charge is 0.223 e. The third-order valence-electron chi connectivity index (χ3n) is 5.53. The first-order valence-electron chi connectivity index (χ1n) is 9.69. The highest BCUT2D eigenvalue weighted by molar-refractivity contribution is 5.76. The predicted octanol–water partition coefficient (Wildman–Crippen LogP) is 2.08. The van der Waals surface area contributed by atoms with Crippen molar-refractivity contribution < 1.29 is 9.53 Å². The number of amides is 1. The quantitative estimate of drug-likeness (QED) is 0.878. The number of nitrogens with zero attached hydrogens (tertiary/aromatic N) is 3. The number of ether oxygens (including phenoxy) is 1. The highest BCUT2D eigenvalue weighted by Crippen LogP contribution is 2.24. The Bertz CT molecular complexity index is 818. The molecule has 1 unspecified atom stereocenters. The summed E-state index contributed by atoms with van der Waals surface area (Å²) < 4.78 is 5.38. The first-order valence-corrected chi connectivity index (χ1v) is 9.69. The first kappa shape index (κ1) is 17.9. The van der Waals surface area contributed by atoms with E-state index in [2.05, 4.69) is 10.3 Å². The summed E-state index contributed by atoms with van der Waals surface area (Å²) in [4.78, 5) is 24.0. The Labute approximate surface area is 160 Å². The molecule has 2 aliphatic rings. The Morgan fingerprint density at radius 2 is 2.26 bits per heavy atom. The van der Waals surface area contributed by atoms with E-state index < -0.39 is 0 Å². The number of aromatic nitrogens is 2. The van der Waals surface area contributed by atoms with Gasteiger partial charge in [0.15, 0.2) is 0 Å². The van der Waals surface area contributed by atoms with Crippen molar-refractivity contribution >= 4 is 5.91 Å². The van der Waals surface area contributed by atoms with E-state index in [1.807, 2.05) is 35.4 Å². The number of rotatable bonds is 5. The van der Waals surface area contributed by atoms with E-state index in [1.54, 1.807) is 7.11 Å². The summed E-state index contributed by atoms with van der Waals surface area (Å²) in [5.74, 6) is 2.40. The van der Waals surface area contributed by atoms with Gasteiger partial charge in [0.05, 0.1) is 12.8 Å². The zero-order chi connectivity index (χ0) is 18.6. The molecule has 3 heterocycles. The van der Waals surface area contributed by atoms with Gasteiger partial charge in [-0.2, -0.15) is 0 Å². The van der Waals surface area contributed by atoms with Gasteiger partial charge in [-0.05, 0) is 31.0 Å². The van der Waals surface area contributed by atoms with Crippen molar-refractivity contribution in [3.05, 3.63) is 53.1 Å². The van der Waals surface area contributed by atoms with E-state index in [0.29, 0.717) is 25.3 Å². The van der Waals surface area contributed by atoms with E-state index in [9.17, 15) is 4.79 Å². The molecule has 6 nitrogen and oxygen atoms in total. The van der Waals surface area contributed by atoms with Crippen LogP contribution in [0.4, 0.5) is 0 Å². The van der Waals surface area contributed by atoms with Crippen LogP contribution in [0.5, 0.6) is 5.75 Å². The molecule has 1 saturated heterocycles. The maximum absolute atomic E-state index is 12.7. The summed E-state index contributed by atoms with van der Waals surface area (Å²) in [7, 11) is 1.66. The molecule has 4 rings (SSSR count). The number of hydrogen-bond donors (Lipinski definition) is 1. The number of carbonyl (C=O) groups excluding carboxylic acids is 1. The third-order valence-corrected chi connectivity index (χ3v) is 5.53. The van der Waals surface area contributed by atoms with Gasteiger partial charge in [-0.1, -0.05) is 18.2 Å². The lowest BCUT2D eigenvalue weighted by Crippen LogP contribution is -2.36. The molecule has 1 atom stereocenters. The van der Waals surface area contributed by atoms with Crippen LogP contribution < -0.4 is 10.1 Å². The molecular formula is C21H26N4O2. The van der Waals surface area contributed by atoms with Crippen LogP contribution in [-0.2, 0) is 24.2 Å². The fourth-order valence-electron chi connectivity index (χ4n) is 3.93. The Balaban J connectivity index is 1.38. The molecule has 0 spiro atoms. The summed E-state index contributed by atoms with van der Waals surface area (Å²) in [5, 5.41) is 3.37. The second-order valence-corrected chi connectivity index (χ2v) is 7.27. The van der Waals surface area contributed by atoms with Gasteiger partial charge in [-0.3, -0.25) is 4.79 Å². The second kappa shape index (κ2) is 8.05. The molecule has 0 saturated carbocycles. The summed E-state index contributed by atoms with van der Waals surface area (Å²) in [6.07, 6.45) is 5.02. The van der Waals surface area contributed by atoms with Crippen molar-refractivity contribution in [2.24, 2.45) is 0 Å². The standard InChI is InChI=1S/C21H26N4O2/c1-27-19-5-3-2-4-15(19)6-7-20(26)25-11-9-18-17(14-25)13-23-21(24-18)16-8-10-22-12-16/h2-5,13,16,22H,6-12,14H2,1H3. The Morgan fingerprint density at radius 1 is 1.37 bits per heavy atom. The van der Waals surface area contributed by atoms with Gasteiger partial charge in [0.25, 0.3) is 0 Å². The van der Waals surface area contributed by atoms with Gasteiger partial charge in [0.2, 0.25) is 5.91 Å². The molecule has 27 heavy (non-hydrogen) atoms. The van der Waals surface area contributed by atoms with Crippen molar-refractivity contribution in [2.45, 2.75) is 38.1 Å². The van der Waals surface area contributed by atoms with Crippen LogP contribution in [0.25, 0.3) is 0 Å². The molecule has 2 aliphatic heterocycles. The Kier molecular flexibility index (Phi) is 5.34. The Morgan fingerprint density at radius 3 is 3.07 bits per heavy atom. The Hall–Kier alpha value is -2.47. The van der Waals surface area contributed by atoms with Crippen LogP contribution in [0.2, 0.25) is 0 Å². The van der Waals surface area contributed by atoms with Crippen molar-refractivity contribution in [1.29, 1.82) is 0 Å². The largest absolute Gasteiger partial charge is 0.496 e. The molecule has 0 radical (unpaired) electrons. The normalized spacial score (nSPS) is 19.0. The molecule has 2 aromatic rings. The molecular weight excluding hydrogens is 340 g/mol. The number of benzene rings is 1. The summed E-state index contributed by atoms with van der Waals surface area (Å²) in [6, 6.07) is 7.88. The van der Waals surface area contributed by atoms with E-state index in [1.165, 1.54) is 0 Å². The van der Waals surface area contributed by atoms with Gasteiger partial charge in [0, 0.05) is 50.2 Å². The second-order valence-electron chi connectivity index (χ2n) is 7.27. The molecule has 1 N–H and O–H groups in total. The predicted molar refractivity (Wildman–Crippen MR) is 103 cm³/mol. The van der Waals surface area contributed by atoms with E-state index in [0.717, 1.165) is 60.9 Å². The molecule has 1 aromatic carbocycles. The number of hydrogen-bond acceptors (Lipinski definition) is 5. The maximum atomic E-state index is 12.7. The lowest BCUT2D eigenvalue weighted by molar-refractivity contribution is -0.132. The number of methoxy groups -OCH3 is 1. The zero-order valence-corrected chi connectivity index (χ0v) is 15.8. The highest BCUT2D eigenvalue weighted by atomic mass is 16.5. The molecule has 0 bridgehead atoms. The minimum atomic E-state index is 0.177. The molecule has 0 aliphatic carbocycles. The third kappa shape index (κ3) is 3.95.